The maximum atomic E-state index is 11.6. The van der Waals surface area contributed by atoms with Crippen LogP contribution in [-0.2, 0) is 19.7 Å². The minimum atomic E-state index is -0.782. The van der Waals surface area contributed by atoms with Crippen molar-refractivity contribution in [1.82, 2.24) is 10.7 Å². The molecule has 1 saturated heterocycles. The summed E-state index contributed by atoms with van der Waals surface area (Å²) in [6, 6.07) is 7.90. The van der Waals surface area contributed by atoms with E-state index >= 15 is 0 Å². The molecule has 0 bridgehead atoms. The molecule has 0 aromatic heterocycles. The van der Waals surface area contributed by atoms with Gasteiger partial charge in [0.25, 0.3) is 0 Å². The van der Waals surface area contributed by atoms with Crippen LogP contribution in [0, 0.1) is 0 Å². The highest BCUT2D eigenvalue weighted by molar-refractivity contribution is 6.35. The van der Waals surface area contributed by atoms with Gasteiger partial charge in [0.15, 0.2) is 0 Å². The van der Waals surface area contributed by atoms with Crippen molar-refractivity contribution >= 4 is 18.0 Å². The molecule has 1 aromatic rings. The highest BCUT2D eigenvalue weighted by atomic mass is 16.5. The Hall–Kier alpha value is -2.21. The van der Waals surface area contributed by atoms with Crippen LogP contribution in [0.4, 0.5) is 0 Å². The summed E-state index contributed by atoms with van der Waals surface area (Å²) >= 11 is 0. The number of carbonyl (C=O) groups is 2. The van der Waals surface area contributed by atoms with E-state index in [1.807, 2.05) is 24.3 Å². The van der Waals surface area contributed by atoms with E-state index in [1.54, 1.807) is 0 Å². The van der Waals surface area contributed by atoms with E-state index in [-0.39, 0.29) is 11.5 Å². The molecule has 0 radical (unpaired) electrons. The number of benzene rings is 1. The molecule has 6 nitrogen and oxygen atoms in total. The van der Waals surface area contributed by atoms with Gasteiger partial charge >= 0.3 is 11.8 Å². The zero-order valence-electron chi connectivity index (χ0n) is 14.5. The van der Waals surface area contributed by atoms with Gasteiger partial charge in [0.2, 0.25) is 0 Å². The minimum absolute atomic E-state index is 0.00609. The number of nitrogens with zero attached hydrogens (tertiary/aromatic N) is 1. The Morgan fingerprint density at radius 2 is 1.96 bits per heavy atom. The predicted molar refractivity (Wildman–Crippen MR) is 92.9 cm³/mol. The summed E-state index contributed by atoms with van der Waals surface area (Å²) in [6.07, 6.45) is 3.42. The second-order valence-corrected chi connectivity index (χ2v) is 6.92. The molecule has 1 aliphatic heterocycles. The van der Waals surface area contributed by atoms with Crippen molar-refractivity contribution in [1.29, 1.82) is 0 Å². The lowest BCUT2D eigenvalue weighted by molar-refractivity contribution is -0.139. The van der Waals surface area contributed by atoms with Crippen LogP contribution in [0.2, 0.25) is 0 Å². The maximum Gasteiger partial charge on any atom is 0.329 e. The zero-order valence-corrected chi connectivity index (χ0v) is 14.5. The zero-order chi connectivity index (χ0) is 17.6. The number of hydrazone groups is 1. The third-order valence-electron chi connectivity index (χ3n) is 3.88. The summed E-state index contributed by atoms with van der Waals surface area (Å²) < 4.78 is 5.38. The highest BCUT2D eigenvalue weighted by Gasteiger charge is 2.19. The van der Waals surface area contributed by atoms with Crippen molar-refractivity contribution in [2.75, 3.05) is 13.2 Å². The molecule has 2 amide bonds. The Bertz CT molecular complexity index is 597. The van der Waals surface area contributed by atoms with Gasteiger partial charge in [-0.25, -0.2) is 5.43 Å². The Kier molecular flexibility index (Phi) is 6.09. The fraction of sp³-hybridized carbons (Fsp3) is 0.500. The molecule has 0 saturated carbocycles. The largest absolute Gasteiger partial charge is 0.376 e. The van der Waals surface area contributed by atoms with Crippen molar-refractivity contribution in [3.05, 3.63) is 35.4 Å². The van der Waals surface area contributed by atoms with E-state index in [2.05, 4.69) is 36.6 Å². The van der Waals surface area contributed by atoms with E-state index in [9.17, 15) is 9.59 Å². The molecule has 24 heavy (non-hydrogen) atoms. The van der Waals surface area contributed by atoms with Crippen LogP contribution < -0.4 is 10.7 Å². The number of hydrogen-bond acceptors (Lipinski definition) is 4. The Balaban J connectivity index is 1.77. The molecule has 1 heterocycles. The molecular weight excluding hydrogens is 306 g/mol. The summed E-state index contributed by atoms with van der Waals surface area (Å²) in [6.45, 7) is 7.50. The molecule has 1 unspecified atom stereocenters. The summed E-state index contributed by atoms with van der Waals surface area (Å²) in [4.78, 5) is 23.3. The highest BCUT2D eigenvalue weighted by Crippen LogP contribution is 2.21. The second-order valence-electron chi connectivity index (χ2n) is 6.92. The quantitative estimate of drug-likeness (QED) is 0.501. The van der Waals surface area contributed by atoms with E-state index in [1.165, 1.54) is 11.8 Å². The summed E-state index contributed by atoms with van der Waals surface area (Å²) in [5.41, 5.74) is 4.39. The lowest BCUT2D eigenvalue weighted by atomic mass is 9.87. The SMILES string of the molecule is CC(C)(C)c1ccc(/C=N/NC(=O)C(=O)NCC2CCCO2)cc1. The van der Waals surface area contributed by atoms with Gasteiger partial charge in [0, 0.05) is 13.2 Å². The molecule has 2 N–H and O–H groups in total. The third-order valence-corrected chi connectivity index (χ3v) is 3.88. The van der Waals surface area contributed by atoms with Crippen LogP contribution in [0.3, 0.4) is 0 Å². The first-order valence-corrected chi connectivity index (χ1v) is 8.19. The number of hydrogen-bond donors (Lipinski definition) is 2. The normalized spacial score (nSPS) is 17.9. The van der Waals surface area contributed by atoms with Crippen LogP contribution >= 0.6 is 0 Å². The van der Waals surface area contributed by atoms with Gasteiger partial charge < -0.3 is 10.1 Å². The van der Waals surface area contributed by atoms with Crippen molar-refractivity contribution < 1.29 is 14.3 Å². The van der Waals surface area contributed by atoms with Gasteiger partial charge in [0.1, 0.15) is 0 Å². The topological polar surface area (TPSA) is 79.8 Å². The van der Waals surface area contributed by atoms with Gasteiger partial charge in [-0.15, -0.1) is 0 Å². The van der Waals surface area contributed by atoms with E-state index < -0.39 is 11.8 Å². The molecule has 0 spiro atoms. The maximum absolute atomic E-state index is 11.6. The van der Waals surface area contributed by atoms with Crippen molar-refractivity contribution in [2.24, 2.45) is 5.10 Å². The van der Waals surface area contributed by atoms with Crippen LogP contribution in [0.1, 0.15) is 44.7 Å². The van der Waals surface area contributed by atoms with Crippen LogP contribution in [0.5, 0.6) is 0 Å². The fourth-order valence-electron chi connectivity index (χ4n) is 2.38. The first-order valence-electron chi connectivity index (χ1n) is 8.19. The van der Waals surface area contributed by atoms with E-state index in [0.717, 1.165) is 18.4 Å². The van der Waals surface area contributed by atoms with Gasteiger partial charge in [0.05, 0.1) is 12.3 Å². The van der Waals surface area contributed by atoms with Crippen LogP contribution in [0.15, 0.2) is 29.4 Å². The van der Waals surface area contributed by atoms with Gasteiger partial charge in [-0.05, 0) is 29.4 Å². The van der Waals surface area contributed by atoms with Crippen molar-refractivity contribution in [2.45, 2.75) is 45.1 Å². The molecule has 1 aromatic carbocycles. The average Bonchev–Trinajstić information content (AvgIpc) is 3.05. The summed E-state index contributed by atoms with van der Waals surface area (Å²) in [5, 5.41) is 6.36. The number of carbonyl (C=O) groups excluding carboxylic acids is 2. The lowest BCUT2D eigenvalue weighted by Crippen LogP contribution is -2.41. The molecule has 2 rings (SSSR count). The molecule has 0 aliphatic carbocycles. The Morgan fingerprint density at radius 3 is 2.54 bits per heavy atom. The molecule has 1 atom stereocenters. The average molecular weight is 331 g/mol. The first-order chi connectivity index (χ1) is 11.4. The number of rotatable bonds is 4. The van der Waals surface area contributed by atoms with Gasteiger partial charge in [-0.3, -0.25) is 9.59 Å². The lowest BCUT2D eigenvalue weighted by Gasteiger charge is -2.18. The smallest absolute Gasteiger partial charge is 0.329 e. The Labute approximate surface area is 142 Å². The molecule has 6 heteroatoms. The van der Waals surface area contributed by atoms with Gasteiger partial charge in [-0.1, -0.05) is 45.0 Å². The van der Waals surface area contributed by atoms with E-state index in [0.29, 0.717) is 13.2 Å². The molecule has 1 fully saturated rings. The molecule has 130 valence electrons. The number of amides is 2. The summed E-state index contributed by atoms with van der Waals surface area (Å²) in [7, 11) is 0. The van der Waals surface area contributed by atoms with Gasteiger partial charge in [-0.2, -0.15) is 5.10 Å². The monoisotopic (exact) mass is 331 g/mol. The van der Waals surface area contributed by atoms with Crippen LogP contribution in [0.25, 0.3) is 0 Å². The Morgan fingerprint density at radius 1 is 1.25 bits per heavy atom. The standard InChI is InChI=1S/C18H25N3O3/c1-18(2,3)14-8-6-13(7-9-14)11-20-21-17(23)16(22)19-12-15-5-4-10-24-15/h6-9,11,15H,4-5,10,12H2,1-3H3,(H,19,22)(H,21,23)/b20-11+. The van der Waals surface area contributed by atoms with E-state index in [4.69, 9.17) is 4.74 Å². The predicted octanol–water partition coefficient (Wildman–Crippen LogP) is 1.73. The van der Waals surface area contributed by atoms with Crippen molar-refractivity contribution in [3.63, 3.8) is 0 Å². The number of nitrogens with one attached hydrogen (secondary N) is 2. The van der Waals surface area contributed by atoms with Crippen LogP contribution in [-0.4, -0.2) is 37.3 Å². The fourth-order valence-corrected chi connectivity index (χ4v) is 2.38. The first kappa shape index (κ1) is 18.1. The number of ether oxygens (including phenoxy) is 1. The second kappa shape index (κ2) is 8.06. The summed E-state index contributed by atoms with van der Waals surface area (Å²) in [5.74, 6) is -1.48. The molecule has 1 aliphatic rings. The minimum Gasteiger partial charge on any atom is -0.376 e. The third kappa shape index (κ3) is 5.45. The molecular formula is C18H25N3O3. The van der Waals surface area contributed by atoms with Crippen molar-refractivity contribution in [3.8, 4) is 0 Å².